The third-order valence-corrected chi connectivity index (χ3v) is 9.48. The monoisotopic (exact) mass is 436 g/mol. The number of hydrogen-bond donors (Lipinski definition) is 1. The zero-order chi connectivity index (χ0) is 23.0. The number of aliphatic hydroxyl groups excluding tert-OH is 1. The van der Waals surface area contributed by atoms with Crippen LogP contribution in [0.5, 0.6) is 0 Å². The van der Waals surface area contributed by atoms with E-state index in [0.29, 0.717) is 30.3 Å². The minimum atomic E-state index is -0.264. The molecule has 4 nitrogen and oxygen atoms in total. The Kier molecular flexibility index (Phi) is 7.53. The summed E-state index contributed by atoms with van der Waals surface area (Å²) < 4.78 is 11.6. The Morgan fingerprint density at radius 1 is 1.13 bits per heavy atom. The van der Waals surface area contributed by atoms with Crippen molar-refractivity contribution >= 4 is 5.97 Å². The summed E-state index contributed by atoms with van der Waals surface area (Å²) in [6.07, 6.45) is 10.4. The van der Waals surface area contributed by atoms with Gasteiger partial charge < -0.3 is 14.6 Å². The number of ether oxygens (including phenoxy) is 2. The van der Waals surface area contributed by atoms with Gasteiger partial charge in [0, 0.05) is 6.42 Å². The Hall–Kier alpha value is -0.610. The summed E-state index contributed by atoms with van der Waals surface area (Å²) in [7, 11) is 1.48. The van der Waals surface area contributed by atoms with Crippen molar-refractivity contribution in [2.45, 2.75) is 124 Å². The molecule has 180 valence electrons. The van der Waals surface area contributed by atoms with Crippen LogP contribution in [0.2, 0.25) is 0 Å². The van der Waals surface area contributed by atoms with E-state index in [4.69, 9.17) is 9.47 Å². The van der Waals surface area contributed by atoms with E-state index in [0.717, 1.165) is 38.5 Å². The lowest BCUT2D eigenvalue weighted by Gasteiger charge is -2.60. The first-order chi connectivity index (χ1) is 14.5. The molecule has 3 aliphatic rings. The van der Waals surface area contributed by atoms with Crippen LogP contribution in [0.3, 0.4) is 0 Å². The van der Waals surface area contributed by atoms with E-state index in [1.54, 1.807) is 0 Å². The highest BCUT2D eigenvalue weighted by atomic mass is 16.5. The highest BCUT2D eigenvalue weighted by molar-refractivity contribution is 5.69. The summed E-state index contributed by atoms with van der Waals surface area (Å²) in [5, 5.41) is 11.4. The summed E-state index contributed by atoms with van der Waals surface area (Å²) in [5.74, 6) is 1.88. The summed E-state index contributed by atoms with van der Waals surface area (Å²) in [4.78, 5) is 12.1. The topological polar surface area (TPSA) is 55.8 Å². The second kappa shape index (κ2) is 9.33. The van der Waals surface area contributed by atoms with Gasteiger partial charge >= 0.3 is 5.97 Å². The van der Waals surface area contributed by atoms with Crippen LogP contribution in [-0.2, 0) is 14.3 Å². The van der Waals surface area contributed by atoms with Gasteiger partial charge in [-0.15, -0.1) is 0 Å². The Labute approximate surface area is 190 Å². The SMILES string of the molecule is CCCC[C@H]1C(O)C[C@@H]2[C@H](CC[C@]3(C)[C@@H](OC(C)(C)C)CC[C@@H]23)[C@@]1(C)CCC(=O)OC. The molecule has 0 radical (unpaired) electrons. The Morgan fingerprint density at radius 3 is 2.45 bits per heavy atom. The molecule has 0 bridgehead atoms. The van der Waals surface area contributed by atoms with E-state index >= 15 is 0 Å². The molecule has 0 aromatic carbocycles. The molecule has 0 heterocycles. The maximum absolute atomic E-state index is 12.1. The number of aliphatic hydroxyl groups is 1. The average Bonchev–Trinajstić information content (AvgIpc) is 3.01. The predicted octanol–water partition coefficient (Wildman–Crippen LogP) is 6.14. The van der Waals surface area contributed by atoms with Gasteiger partial charge in [0.1, 0.15) is 0 Å². The van der Waals surface area contributed by atoms with Crippen molar-refractivity contribution < 1.29 is 19.4 Å². The predicted molar refractivity (Wildman–Crippen MR) is 125 cm³/mol. The van der Waals surface area contributed by atoms with Crippen molar-refractivity contribution in [3.63, 3.8) is 0 Å². The van der Waals surface area contributed by atoms with Crippen LogP contribution in [0.15, 0.2) is 0 Å². The first kappa shape index (κ1) is 25.0. The summed E-state index contributed by atoms with van der Waals surface area (Å²) >= 11 is 0. The quantitative estimate of drug-likeness (QED) is 0.487. The normalized spacial score (nSPS) is 42.7. The lowest BCUT2D eigenvalue weighted by molar-refractivity contribution is -0.175. The van der Waals surface area contributed by atoms with Crippen LogP contribution in [0.25, 0.3) is 0 Å². The van der Waals surface area contributed by atoms with E-state index in [-0.39, 0.29) is 34.4 Å². The molecule has 0 amide bonds. The number of methoxy groups -OCH3 is 1. The van der Waals surface area contributed by atoms with Crippen molar-refractivity contribution in [2.24, 2.45) is 34.5 Å². The lowest BCUT2D eigenvalue weighted by atomic mass is 9.45. The van der Waals surface area contributed by atoms with Gasteiger partial charge in [-0.3, -0.25) is 4.79 Å². The average molecular weight is 437 g/mol. The summed E-state index contributed by atoms with van der Waals surface area (Å²) in [6, 6.07) is 0. The molecule has 0 spiro atoms. The number of carbonyl (C=O) groups is 1. The number of hydrogen-bond acceptors (Lipinski definition) is 4. The molecule has 0 saturated heterocycles. The van der Waals surface area contributed by atoms with Crippen LogP contribution in [0.4, 0.5) is 0 Å². The van der Waals surface area contributed by atoms with Crippen LogP contribution in [-0.4, -0.2) is 36.0 Å². The summed E-state index contributed by atoms with van der Waals surface area (Å²) in [5.41, 5.74) is 0.0788. The van der Waals surface area contributed by atoms with E-state index in [2.05, 4.69) is 41.5 Å². The van der Waals surface area contributed by atoms with Crippen molar-refractivity contribution in [2.75, 3.05) is 7.11 Å². The second-order valence-electron chi connectivity index (χ2n) is 12.4. The van der Waals surface area contributed by atoms with Gasteiger partial charge in [-0.05, 0) is 100 Å². The molecule has 3 saturated carbocycles. The molecular weight excluding hydrogens is 388 g/mol. The Balaban J connectivity index is 1.87. The minimum absolute atomic E-state index is 0.00397. The van der Waals surface area contributed by atoms with Gasteiger partial charge in [-0.25, -0.2) is 0 Å². The fourth-order valence-corrected chi connectivity index (χ4v) is 7.96. The van der Waals surface area contributed by atoms with Crippen molar-refractivity contribution in [1.29, 1.82) is 0 Å². The number of fused-ring (bicyclic) bond motifs is 3. The molecule has 0 aromatic heterocycles. The van der Waals surface area contributed by atoms with Crippen LogP contribution in [0.1, 0.15) is 106 Å². The zero-order valence-electron chi connectivity index (χ0n) is 21.2. The molecule has 31 heavy (non-hydrogen) atoms. The highest BCUT2D eigenvalue weighted by Gasteiger charge is 2.61. The maximum atomic E-state index is 12.1. The largest absolute Gasteiger partial charge is 0.469 e. The summed E-state index contributed by atoms with van der Waals surface area (Å²) in [6.45, 7) is 13.6. The number of rotatable bonds is 7. The number of carbonyl (C=O) groups excluding carboxylic acids is 1. The smallest absolute Gasteiger partial charge is 0.305 e. The van der Waals surface area contributed by atoms with E-state index in [1.807, 2.05) is 0 Å². The van der Waals surface area contributed by atoms with Crippen LogP contribution in [0, 0.1) is 34.5 Å². The molecule has 3 rings (SSSR count). The van der Waals surface area contributed by atoms with Crippen molar-refractivity contribution in [3.8, 4) is 0 Å². The van der Waals surface area contributed by atoms with Crippen molar-refractivity contribution in [3.05, 3.63) is 0 Å². The molecule has 8 atom stereocenters. The fraction of sp³-hybridized carbons (Fsp3) is 0.963. The number of unbranched alkanes of at least 4 members (excludes halogenated alkanes) is 1. The Morgan fingerprint density at radius 2 is 1.84 bits per heavy atom. The maximum Gasteiger partial charge on any atom is 0.305 e. The van der Waals surface area contributed by atoms with Gasteiger partial charge in [0.2, 0.25) is 0 Å². The van der Waals surface area contributed by atoms with E-state index in [1.165, 1.54) is 26.4 Å². The molecule has 4 heteroatoms. The van der Waals surface area contributed by atoms with Gasteiger partial charge in [0.15, 0.2) is 0 Å². The van der Waals surface area contributed by atoms with E-state index in [9.17, 15) is 9.90 Å². The van der Waals surface area contributed by atoms with Gasteiger partial charge in [0.05, 0.1) is 24.9 Å². The molecule has 1 N–H and O–H groups in total. The van der Waals surface area contributed by atoms with E-state index < -0.39 is 0 Å². The number of esters is 1. The first-order valence-electron chi connectivity index (χ1n) is 12.9. The van der Waals surface area contributed by atoms with Gasteiger partial charge in [0.25, 0.3) is 0 Å². The van der Waals surface area contributed by atoms with Gasteiger partial charge in [-0.1, -0.05) is 33.6 Å². The van der Waals surface area contributed by atoms with Crippen molar-refractivity contribution in [1.82, 2.24) is 0 Å². The zero-order valence-corrected chi connectivity index (χ0v) is 21.2. The fourth-order valence-electron chi connectivity index (χ4n) is 7.96. The minimum Gasteiger partial charge on any atom is -0.469 e. The third kappa shape index (κ3) is 4.86. The second-order valence-corrected chi connectivity index (χ2v) is 12.4. The molecule has 0 aromatic rings. The first-order valence-corrected chi connectivity index (χ1v) is 12.9. The highest BCUT2D eigenvalue weighted by Crippen LogP contribution is 2.66. The molecule has 3 aliphatic carbocycles. The van der Waals surface area contributed by atoms with Gasteiger partial charge in [-0.2, -0.15) is 0 Å². The molecule has 0 aliphatic heterocycles. The standard InChI is InChI=1S/C27H48O4/c1-8-9-10-21-22(28)17-18-19-11-12-23(31-25(2,3)4)27(19,6)15-13-20(18)26(21,5)16-14-24(29)30-7/h18-23,28H,8-17H2,1-7H3/t18-,19-,20-,21-,22?,23-,26+,27-/m0/s1. The molecule has 1 unspecified atom stereocenters. The van der Waals surface area contributed by atoms with Crippen LogP contribution >= 0.6 is 0 Å². The lowest BCUT2D eigenvalue weighted by Crippen LogP contribution is -2.57. The van der Waals surface area contributed by atoms with Crippen LogP contribution < -0.4 is 0 Å². The molecule has 3 fully saturated rings. The molecular formula is C27H48O4. The Bertz CT molecular complexity index is 625. The third-order valence-electron chi connectivity index (χ3n) is 9.48.